The molecule has 1 atom stereocenters. The number of hydrogen-bond acceptors (Lipinski definition) is 5. The maximum atomic E-state index is 9.65. The summed E-state index contributed by atoms with van der Waals surface area (Å²) in [7, 11) is 0. The van der Waals surface area contributed by atoms with E-state index in [4.69, 9.17) is 14.6 Å². The first kappa shape index (κ1) is 17.8. The van der Waals surface area contributed by atoms with Crippen molar-refractivity contribution in [3.8, 4) is 0 Å². The number of ether oxygens (including phenoxy) is 2. The lowest BCUT2D eigenvalue weighted by molar-refractivity contribution is 0.00582. The van der Waals surface area contributed by atoms with Crippen molar-refractivity contribution in [3.05, 3.63) is 0 Å². The molecule has 0 fully saturated rings. The number of aliphatic hydroxyl groups is 2. The number of aliphatic hydroxyl groups excluding tert-OH is 2. The normalized spacial score (nSPS) is 13.8. The molecule has 18 heavy (non-hydrogen) atoms. The molecule has 0 bridgehead atoms. The van der Waals surface area contributed by atoms with Gasteiger partial charge in [0.25, 0.3) is 0 Å². The fourth-order valence-electron chi connectivity index (χ4n) is 1.51. The van der Waals surface area contributed by atoms with Gasteiger partial charge in [-0.15, -0.1) is 0 Å². The second-order valence-corrected chi connectivity index (χ2v) is 5.19. The minimum absolute atomic E-state index is 0.0459. The van der Waals surface area contributed by atoms with E-state index >= 15 is 0 Å². The highest BCUT2D eigenvalue weighted by Gasteiger charge is 2.16. The fraction of sp³-hybridized carbons (Fsp3) is 1.00. The van der Waals surface area contributed by atoms with E-state index in [1.54, 1.807) is 0 Å². The van der Waals surface area contributed by atoms with Crippen LogP contribution >= 0.6 is 0 Å². The molecule has 0 saturated heterocycles. The molecule has 0 aromatic heterocycles. The van der Waals surface area contributed by atoms with Crippen LogP contribution in [0.25, 0.3) is 0 Å². The molecule has 0 spiro atoms. The highest BCUT2D eigenvalue weighted by atomic mass is 16.5. The summed E-state index contributed by atoms with van der Waals surface area (Å²) >= 11 is 0. The Balaban J connectivity index is 3.44. The molecule has 3 N–H and O–H groups in total. The van der Waals surface area contributed by atoms with E-state index in [1.165, 1.54) is 0 Å². The third kappa shape index (κ3) is 10.9. The van der Waals surface area contributed by atoms with Crippen LogP contribution in [-0.2, 0) is 9.47 Å². The quantitative estimate of drug-likeness (QED) is 0.445. The van der Waals surface area contributed by atoms with Crippen LogP contribution in [0.1, 0.15) is 27.2 Å². The van der Waals surface area contributed by atoms with Gasteiger partial charge in [0.15, 0.2) is 0 Å². The van der Waals surface area contributed by atoms with Crippen molar-refractivity contribution in [1.29, 1.82) is 0 Å². The Hall–Kier alpha value is -0.200. The summed E-state index contributed by atoms with van der Waals surface area (Å²) in [4.78, 5) is 0. The van der Waals surface area contributed by atoms with E-state index < -0.39 is 6.10 Å². The van der Waals surface area contributed by atoms with Gasteiger partial charge < -0.3 is 25.0 Å². The van der Waals surface area contributed by atoms with Crippen molar-refractivity contribution in [3.63, 3.8) is 0 Å². The van der Waals surface area contributed by atoms with Crippen LogP contribution in [-0.4, -0.2) is 62.4 Å². The molecule has 5 nitrogen and oxygen atoms in total. The maximum Gasteiger partial charge on any atom is 0.0897 e. The molecule has 0 radical (unpaired) electrons. The molecule has 0 aliphatic rings. The van der Waals surface area contributed by atoms with Crippen molar-refractivity contribution in [2.75, 3.05) is 46.1 Å². The lowest BCUT2D eigenvalue weighted by Gasteiger charge is -2.24. The standard InChI is InChI=1S/C13H29NO4/c1-4-17-7-8-18-10-12(16)9-14-11-13(2,3)5-6-15/h12,14-16H,4-11H2,1-3H3. The van der Waals surface area contributed by atoms with Crippen molar-refractivity contribution in [1.82, 2.24) is 5.32 Å². The highest BCUT2D eigenvalue weighted by molar-refractivity contribution is 4.72. The van der Waals surface area contributed by atoms with Gasteiger partial charge in [-0.25, -0.2) is 0 Å². The summed E-state index contributed by atoms with van der Waals surface area (Å²) in [6, 6.07) is 0. The van der Waals surface area contributed by atoms with E-state index in [9.17, 15) is 5.11 Å². The topological polar surface area (TPSA) is 71.0 Å². The zero-order valence-corrected chi connectivity index (χ0v) is 11.9. The molecule has 0 aliphatic carbocycles. The third-order valence-corrected chi connectivity index (χ3v) is 2.66. The molecular formula is C13H29NO4. The first-order chi connectivity index (χ1) is 8.52. The summed E-state index contributed by atoms with van der Waals surface area (Å²) in [5.74, 6) is 0. The number of nitrogens with one attached hydrogen (secondary N) is 1. The summed E-state index contributed by atoms with van der Waals surface area (Å²) < 4.78 is 10.4. The van der Waals surface area contributed by atoms with E-state index in [1.807, 2.05) is 6.92 Å². The monoisotopic (exact) mass is 263 g/mol. The Labute approximate surface area is 110 Å². The first-order valence-corrected chi connectivity index (χ1v) is 6.67. The Morgan fingerprint density at radius 3 is 2.50 bits per heavy atom. The Morgan fingerprint density at radius 1 is 1.22 bits per heavy atom. The van der Waals surface area contributed by atoms with Gasteiger partial charge in [-0.05, 0) is 18.8 Å². The van der Waals surface area contributed by atoms with Gasteiger partial charge in [-0.3, -0.25) is 0 Å². The number of rotatable bonds is 12. The minimum Gasteiger partial charge on any atom is -0.396 e. The van der Waals surface area contributed by atoms with Gasteiger partial charge in [-0.1, -0.05) is 13.8 Å². The Bertz CT molecular complexity index is 188. The molecule has 5 heteroatoms. The lowest BCUT2D eigenvalue weighted by atomic mass is 9.90. The van der Waals surface area contributed by atoms with Crippen LogP contribution in [0.15, 0.2) is 0 Å². The summed E-state index contributed by atoms with van der Waals surface area (Å²) in [5.41, 5.74) is 0.0459. The molecule has 1 unspecified atom stereocenters. The van der Waals surface area contributed by atoms with Gasteiger partial charge in [0.05, 0.1) is 25.9 Å². The van der Waals surface area contributed by atoms with E-state index in [0.717, 1.165) is 13.0 Å². The van der Waals surface area contributed by atoms with Gasteiger partial charge in [-0.2, -0.15) is 0 Å². The lowest BCUT2D eigenvalue weighted by Crippen LogP contribution is -2.37. The van der Waals surface area contributed by atoms with Crippen LogP contribution in [0.2, 0.25) is 0 Å². The van der Waals surface area contributed by atoms with Crippen LogP contribution in [0.4, 0.5) is 0 Å². The minimum atomic E-state index is -0.503. The SMILES string of the molecule is CCOCCOCC(O)CNCC(C)(C)CCO. The fourth-order valence-corrected chi connectivity index (χ4v) is 1.51. The summed E-state index contributed by atoms with van der Waals surface area (Å²) in [6.45, 7) is 9.66. The van der Waals surface area contributed by atoms with Gasteiger partial charge in [0.2, 0.25) is 0 Å². The second-order valence-electron chi connectivity index (χ2n) is 5.19. The molecule has 0 saturated carbocycles. The predicted octanol–water partition coefficient (Wildman–Crippen LogP) is 0.399. The van der Waals surface area contributed by atoms with Crippen LogP contribution < -0.4 is 5.32 Å². The third-order valence-electron chi connectivity index (χ3n) is 2.66. The molecule has 0 aromatic carbocycles. The maximum absolute atomic E-state index is 9.65. The molecule has 0 amide bonds. The van der Waals surface area contributed by atoms with E-state index in [2.05, 4.69) is 19.2 Å². The highest BCUT2D eigenvalue weighted by Crippen LogP contribution is 2.17. The number of hydrogen-bond donors (Lipinski definition) is 3. The van der Waals surface area contributed by atoms with Gasteiger partial charge >= 0.3 is 0 Å². The van der Waals surface area contributed by atoms with Crippen molar-refractivity contribution < 1.29 is 19.7 Å². The summed E-state index contributed by atoms with van der Waals surface area (Å²) in [5, 5.41) is 21.7. The zero-order valence-electron chi connectivity index (χ0n) is 11.9. The molecule has 110 valence electrons. The average Bonchev–Trinajstić information content (AvgIpc) is 2.28. The van der Waals surface area contributed by atoms with Crippen molar-refractivity contribution in [2.45, 2.75) is 33.3 Å². The van der Waals surface area contributed by atoms with E-state index in [-0.39, 0.29) is 12.0 Å². The molecule has 0 rings (SSSR count). The Morgan fingerprint density at radius 2 is 1.89 bits per heavy atom. The predicted molar refractivity (Wildman–Crippen MR) is 71.7 cm³/mol. The molecule has 0 heterocycles. The van der Waals surface area contributed by atoms with Crippen LogP contribution in [0.5, 0.6) is 0 Å². The van der Waals surface area contributed by atoms with Crippen molar-refractivity contribution in [2.24, 2.45) is 5.41 Å². The molecular weight excluding hydrogens is 234 g/mol. The zero-order chi connectivity index (χ0) is 13.9. The van der Waals surface area contributed by atoms with Crippen molar-refractivity contribution >= 4 is 0 Å². The van der Waals surface area contributed by atoms with Crippen LogP contribution in [0.3, 0.4) is 0 Å². The van der Waals surface area contributed by atoms with Crippen LogP contribution in [0, 0.1) is 5.41 Å². The molecule has 0 aromatic rings. The van der Waals surface area contributed by atoms with Gasteiger partial charge in [0, 0.05) is 26.3 Å². The summed E-state index contributed by atoms with van der Waals surface area (Å²) in [6.07, 6.45) is 0.248. The van der Waals surface area contributed by atoms with E-state index in [0.29, 0.717) is 33.0 Å². The smallest absolute Gasteiger partial charge is 0.0897 e. The second kappa shape index (κ2) is 10.7. The average molecular weight is 263 g/mol. The first-order valence-electron chi connectivity index (χ1n) is 6.67. The Kier molecular flexibility index (Phi) is 10.6. The molecule has 0 aliphatic heterocycles. The van der Waals surface area contributed by atoms with Gasteiger partial charge in [0.1, 0.15) is 0 Å². The largest absolute Gasteiger partial charge is 0.396 e.